The molecule has 0 bridgehead atoms. The van der Waals surface area contributed by atoms with Crippen LogP contribution in [0.3, 0.4) is 0 Å². The molecule has 0 aliphatic rings. The van der Waals surface area contributed by atoms with E-state index in [0.29, 0.717) is 30.1 Å². The van der Waals surface area contributed by atoms with Gasteiger partial charge in [0.25, 0.3) is 0 Å². The molecule has 158 valence electrons. The summed E-state index contributed by atoms with van der Waals surface area (Å²) in [4.78, 5) is 10.3. The molecule has 0 radical (unpaired) electrons. The van der Waals surface area contributed by atoms with Gasteiger partial charge in [-0.3, -0.25) is 0 Å². The Hall–Kier alpha value is -2.88. The van der Waals surface area contributed by atoms with Crippen LogP contribution in [-0.2, 0) is 26.2 Å². The Balaban J connectivity index is 1.87. The number of unbranched alkanes of at least 4 members (excludes halogenated alkanes) is 2. The van der Waals surface area contributed by atoms with Gasteiger partial charge >= 0.3 is 0 Å². The molecule has 3 aromatic rings. The van der Waals surface area contributed by atoms with Crippen LogP contribution in [0.1, 0.15) is 25.0 Å². The van der Waals surface area contributed by atoms with Crippen LogP contribution < -0.4 is 5.14 Å². The van der Waals surface area contributed by atoms with Crippen LogP contribution in [0.15, 0.2) is 59.5 Å². The van der Waals surface area contributed by atoms with E-state index in [2.05, 4.69) is 5.10 Å². The van der Waals surface area contributed by atoms with Crippen LogP contribution in [0.25, 0.3) is 16.9 Å². The first kappa shape index (κ1) is 21.8. The summed E-state index contributed by atoms with van der Waals surface area (Å²) in [7, 11) is -3.80. The van der Waals surface area contributed by atoms with Crippen LogP contribution in [0.4, 0.5) is 4.39 Å². The lowest BCUT2D eigenvalue weighted by atomic mass is 10.1. The molecular formula is C21H22FN3O4S. The van der Waals surface area contributed by atoms with E-state index >= 15 is 0 Å². The number of nitrogens with two attached hydrogens (primary N) is 1. The third-order valence-electron chi connectivity index (χ3n) is 4.42. The van der Waals surface area contributed by atoms with Crippen molar-refractivity contribution >= 4 is 16.3 Å². The second-order valence-corrected chi connectivity index (χ2v) is 8.25. The van der Waals surface area contributed by atoms with Gasteiger partial charge in [0.2, 0.25) is 10.0 Å². The average Bonchev–Trinajstić information content (AvgIpc) is 3.15. The lowest BCUT2D eigenvalue weighted by Crippen LogP contribution is -2.12. The SMILES string of the molecule is NS(=O)(=O)c1ccc(-n2nc(COCCCCC=O)cc2-c2ccc(F)cc2)cc1. The summed E-state index contributed by atoms with van der Waals surface area (Å²) < 4.78 is 43.6. The van der Waals surface area contributed by atoms with E-state index in [1.807, 2.05) is 6.07 Å². The molecule has 0 fully saturated rings. The number of hydrogen-bond acceptors (Lipinski definition) is 5. The second kappa shape index (κ2) is 9.75. The van der Waals surface area contributed by atoms with Crippen LogP contribution in [0.2, 0.25) is 0 Å². The van der Waals surface area contributed by atoms with Gasteiger partial charge in [-0.05, 0) is 67.4 Å². The highest BCUT2D eigenvalue weighted by Crippen LogP contribution is 2.25. The van der Waals surface area contributed by atoms with Gasteiger partial charge in [-0.1, -0.05) is 0 Å². The van der Waals surface area contributed by atoms with Gasteiger partial charge in [0.1, 0.15) is 12.1 Å². The minimum absolute atomic E-state index is 0.000573. The Labute approximate surface area is 174 Å². The van der Waals surface area contributed by atoms with Gasteiger partial charge in [-0.25, -0.2) is 22.6 Å². The molecule has 9 heteroatoms. The van der Waals surface area contributed by atoms with Crippen LogP contribution in [-0.4, -0.2) is 31.1 Å². The van der Waals surface area contributed by atoms with Crippen molar-refractivity contribution in [2.45, 2.75) is 30.8 Å². The summed E-state index contributed by atoms with van der Waals surface area (Å²) in [6, 6.07) is 13.9. The zero-order valence-corrected chi connectivity index (χ0v) is 17.0. The lowest BCUT2D eigenvalue weighted by molar-refractivity contribution is -0.108. The van der Waals surface area contributed by atoms with E-state index in [1.54, 1.807) is 28.9 Å². The quantitative estimate of drug-likeness (QED) is 0.392. The normalized spacial score (nSPS) is 11.5. The van der Waals surface area contributed by atoms with Crippen LogP contribution in [0.5, 0.6) is 0 Å². The zero-order valence-electron chi connectivity index (χ0n) is 16.2. The number of aromatic nitrogens is 2. The average molecular weight is 431 g/mol. The minimum atomic E-state index is -3.80. The number of aldehydes is 1. The maximum Gasteiger partial charge on any atom is 0.238 e. The predicted octanol–water partition coefficient (Wildman–Crippen LogP) is 3.21. The highest BCUT2D eigenvalue weighted by Gasteiger charge is 2.14. The highest BCUT2D eigenvalue weighted by atomic mass is 32.2. The molecule has 0 saturated carbocycles. The molecule has 0 amide bonds. The van der Waals surface area contributed by atoms with E-state index in [0.717, 1.165) is 24.7 Å². The van der Waals surface area contributed by atoms with Crippen molar-refractivity contribution in [2.24, 2.45) is 5.14 Å². The molecule has 3 rings (SSSR count). The molecule has 30 heavy (non-hydrogen) atoms. The smallest absolute Gasteiger partial charge is 0.238 e. The van der Waals surface area contributed by atoms with Crippen molar-refractivity contribution in [2.75, 3.05) is 6.61 Å². The third-order valence-corrected chi connectivity index (χ3v) is 5.35. The van der Waals surface area contributed by atoms with E-state index < -0.39 is 10.0 Å². The zero-order chi connectivity index (χ0) is 21.6. The topological polar surface area (TPSA) is 104 Å². The number of rotatable bonds is 10. The molecular weight excluding hydrogens is 409 g/mol. The molecule has 0 spiro atoms. The fourth-order valence-corrected chi connectivity index (χ4v) is 3.42. The van der Waals surface area contributed by atoms with E-state index in [9.17, 15) is 17.6 Å². The number of hydrogen-bond donors (Lipinski definition) is 1. The van der Waals surface area contributed by atoms with Crippen LogP contribution >= 0.6 is 0 Å². The number of sulfonamides is 1. The maximum absolute atomic E-state index is 13.3. The number of primary sulfonamides is 1. The van der Waals surface area contributed by atoms with Gasteiger partial charge in [0.05, 0.1) is 28.6 Å². The summed E-state index contributed by atoms with van der Waals surface area (Å²) in [5, 5.41) is 9.73. The minimum Gasteiger partial charge on any atom is -0.375 e. The molecule has 1 aromatic heterocycles. The monoisotopic (exact) mass is 431 g/mol. The van der Waals surface area contributed by atoms with Crippen molar-refractivity contribution in [1.29, 1.82) is 0 Å². The number of ether oxygens (including phenoxy) is 1. The first-order valence-corrected chi connectivity index (χ1v) is 10.9. The van der Waals surface area contributed by atoms with Gasteiger partial charge in [0, 0.05) is 18.6 Å². The van der Waals surface area contributed by atoms with Crippen molar-refractivity contribution in [1.82, 2.24) is 9.78 Å². The molecule has 0 unspecified atom stereocenters. The summed E-state index contributed by atoms with van der Waals surface area (Å²) in [6.07, 6.45) is 2.95. The van der Waals surface area contributed by atoms with Gasteiger partial charge in [-0.15, -0.1) is 0 Å². The number of carbonyl (C=O) groups excluding carboxylic acids is 1. The second-order valence-electron chi connectivity index (χ2n) is 6.69. The molecule has 0 aliphatic heterocycles. The molecule has 7 nitrogen and oxygen atoms in total. The molecule has 0 saturated heterocycles. The number of carbonyl (C=O) groups is 1. The van der Waals surface area contributed by atoms with Crippen molar-refractivity contribution in [3.8, 4) is 16.9 Å². The molecule has 0 aliphatic carbocycles. The number of halogens is 1. The fraction of sp³-hybridized carbons (Fsp3) is 0.238. The Morgan fingerprint density at radius 1 is 1.07 bits per heavy atom. The third kappa shape index (κ3) is 5.59. The molecule has 2 aromatic carbocycles. The van der Waals surface area contributed by atoms with Crippen molar-refractivity contribution < 1.29 is 22.3 Å². The Kier molecular flexibility index (Phi) is 7.09. The highest BCUT2D eigenvalue weighted by molar-refractivity contribution is 7.89. The summed E-state index contributed by atoms with van der Waals surface area (Å²) in [5.41, 5.74) is 2.74. The van der Waals surface area contributed by atoms with E-state index in [4.69, 9.17) is 9.88 Å². The van der Waals surface area contributed by atoms with E-state index in [-0.39, 0.29) is 17.3 Å². The molecule has 1 heterocycles. The predicted molar refractivity (Wildman–Crippen MR) is 110 cm³/mol. The van der Waals surface area contributed by atoms with Crippen LogP contribution in [0, 0.1) is 5.82 Å². The first-order valence-electron chi connectivity index (χ1n) is 9.38. The van der Waals surface area contributed by atoms with Crippen molar-refractivity contribution in [3.63, 3.8) is 0 Å². The standard InChI is InChI=1S/C21H22FN3O4S/c22-17-6-4-16(5-7-17)21-14-18(15-29-13-3-1-2-12-26)24-25(21)19-8-10-20(11-9-19)30(23,27)28/h4-12,14H,1-3,13,15H2,(H2,23,27,28). The molecule has 0 atom stereocenters. The number of nitrogens with zero attached hydrogens (tertiary/aromatic N) is 2. The van der Waals surface area contributed by atoms with E-state index in [1.165, 1.54) is 24.3 Å². The fourth-order valence-electron chi connectivity index (χ4n) is 2.91. The Morgan fingerprint density at radius 2 is 1.77 bits per heavy atom. The van der Waals surface area contributed by atoms with Crippen molar-refractivity contribution in [3.05, 3.63) is 66.1 Å². The summed E-state index contributed by atoms with van der Waals surface area (Å²) in [5.74, 6) is -0.346. The maximum atomic E-state index is 13.3. The Bertz CT molecular complexity index is 1090. The van der Waals surface area contributed by atoms with Gasteiger partial charge < -0.3 is 9.53 Å². The summed E-state index contributed by atoms with van der Waals surface area (Å²) in [6.45, 7) is 0.785. The van der Waals surface area contributed by atoms with Gasteiger partial charge in [-0.2, -0.15) is 5.10 Å². The largest absolute Gasteiger partial charge is 0.375 e. The first-order chi connectivity index (χ1) is 14.4. The Morgan fingerprint density at radius 3 is 2.40 bits per heavy atom. The lowest BCUT2D eigenvalue weighted by Gasteiger charge is -2.08. The van der Waals surface area contributed by atoms with Gasteiger partial charge in [0.15, 0.2) is 0 Å². The number of benzene rings is 2. The molecule has 2 N–H and O–H groups in total. The summed E-state index contributed by atoms with van der Waals surface area (Å²) >= 11 is 0.